The predicted octanol–water partition coefficient (Wildman–Crippen LogP) is 3.80. The quantitative estimate of drug-likeness (QED) is 0.495. The average molecular weight is 404 g/mol. The monoisotopic (exact) mass is 404 g/mol. The Hall–Kier alpha value is -3.39. The molecule has 0 saturated carbocycles. The normalized spacial score (nSPS) is 10.8. The minimum Gasteiger partial charge on any atom is -0.325 e. The van der Waals surface area contributed by atoms with Crippen molar-refractivity contribution in [2.24, 2.45) is 0 Å². The van der Waals surface area contributed by atoms with Crippen molar-refractivity contribution in [3.8, 4) is 11.4 Å². The first-order valence-electron chi connectivity index (χ1n) is 9.11. The molecule has 1 amide bonds. The summed E-state index contributed by atoms with van der Waals surface area (Å²) >= 11 is 1.34. The number of carbonyl (C=O) groups excluding carboxylic acids is 1. The summed E-state index contributed by atoms with van der Waals surface area (Å²) in [6.07, 6.45) is 3.40. The van der Waals surface area contributed by atoms with Crippen LogP contribution in [0.1, 0.15) is 11.3 Å². The van der Waals surface area contributed by atoms with E-state index in [4.69, 9.17) is 0 Å². The summed E-state index contributed by atoms with van der Waals surface area (Å²) in [5, 5.41) is 16.0. The van der Waals surface area contributed by atoms with Crippen molar-refractivity contribution in [1.29, 1.82) is 0 Å². The van der Waals surface area contributed by atoms with Gasteiger partial charge >= 0.3 is 0 Å². The molecule has 29 heavy (non-hydrogen) atoms. The van der Waals surface area contributed by atoms with E-state index in [9.17, 15) is 4.79 Å². The van der Waals surface area contributed by atoms with Gasteiger partial charge in [-0.2, -0.15) is 5.10 Å². The van der Waals surface area contributed by atoms with Gasteiger partial charge in [-0.25, -0.2) is 4.68 Å². The van der Waals surface area contributed by atoms with E-state index < -0.39 is 0 Å². The summed E-state index contributed by atoms with van der Waals surface area (Å²) in [5.74, 6) is 0.123. The van der Waals surface area contributed by atoms with E-state index in [2.05, 4.69) is 20.6 Å². The van der Waals surface area contributed by atoms with Gasteiger partial charge in [0.25, 0.3) is 0 Å². The molecule has 1 N–H and O–H groups in total. The highest BCUT2D eigenvalue weighted by molar-refractivity contribution is 7.99. The number of thioether (sulfide) groups is 1. The van der Waals surface area contributed by atoms with Gasteiger partial charge in [0.05, 0.1) is 11.4 Å². The van der Waals surface area contributed by atoms with Crippen LogP contribution in [-0.2, 0) is 4.79 Å². The first kappa shape index (κ1) is 18.9. The minimum atomic E-state index is -0.109. The lowest BCUT2D eigenvalue weighted by atomic mass is 10.2. The maximum Gasteiger partial charge on any atom is 0.234 e. The standard InChI is InChI=1S/C21H20N6OS/c1-15-6-8-18(9-7-15)26-14-22-25-21(26)29-13-20(28)24-17-4-3-5-19(12-17)27-16(2)10-11-23-27/h3-12,14H,13H2,1-2H3,(H,24,28). The van der Waals surface area contributed by atoms with Gasteiger partial charge in [0.15, 0.2) is 5.16 Å². The van der Waals surface area contributed by atoms with Crippen molar-refractivity contribution in [1.82, 2.24) is 24.5 Å². The van der Waals surface area contributed by atoms with Crippen LogP contribution in [0.25, 0.3) is 11.4 Å². The molecular weight excluding hydrogens is 384 g/mol. The largest absolute Gasteiger partial charge is 0.325 e. The van der Waals surface area contributed by atoms with Gasteiger partial charge in [-0.1, -0.05) is 35.5 Å². The Morgan fingerprint density at radius 1 is 1.07 bits per heavy atom. The number of anilines is 1. The van der Waals surface area contributed by atoms with Gasteiger partial charge in [-0.15, -0.1) is 10.2 Å². The molecule has 7 nitrogen and oxygen atoms in total. The molecule has 4 rings (SSSR count). The topological polar surface area (TPSA) is 77.6 Å². The Bertz CT molecular complexity index is 1130. The highest BCUT2D eigenvalue weighted by Gasteiger charge is 2.11. The molecule has 0 bridgehead atoms. The molecule has 2 aromatic heterocycles. The number of hydrogen-bond donors (Lipinski definition) is 1. The first-order valence-corrected chi connectivity index (χ1v) is 10.1. The molecule has 0 atom stereocenters. The van der Waals surface area contributed by atoms with Crippen molar-refractivity contribution >= 4 is 23.4 Å². The molecule has 0 aliphatic heterocycles. The summed E-state index contributed by atoms with van der Waals surface area (Å²) in [7, 11) is 0. The van der Waals surface area contributed by atoms with Crippen LogP contribution in [0, 0.1) is 13.8 Å². The molecule has 2 heterocycles. The second-order valence-electron chi connectivity index (χ2n) is 6.59. The van der Waals surface area contributed by atoms with Crippen LogP contribution in [0.15, 0.2) is 72.3 Å². The van der Waals surface area contributed by atoms with Crippen molar-refractivity contribution in [2.45, 2.75) is 19.0 Å². The first-order chi connectivity index (χ1) is 14.1. The molecule has 0 fully saturated rings. The number of aromatic nitrogens is 5. The van der Waals surface area contributed by atoms with Gasteiger partial charge < -0.3 is 5.32 Å². The van der Waals surface area contributed by atoms with E-state index in [0.717, 1.165) is 22.8 Å². The van der Waals surface area contributed by atoms with Crippen LogP contribution in [-0.4, -0.2) is 36.2 Å². The second-order valence-corrected chi connectivity index (χ2v) is 7.53. The van der Waals surface area contributed by atoms with Gasteiger partial charge in [-0.05, 0) is 50.2 Å². The molecule has 0 radical (unpaired) electrons. The van der Waals surface area contributed by atoms with E-state index in [-0.39, 0.29) is 11.7 Å². The Morgan fingerprint density at radius 3 is 2.66 bits per heavy atom. The minimum absolute atomic E-state index is 0.109. The zero-order valence-corrected chi connectivity index (χ0v) is 16.9. The summed E-state index contributed by atoms with van der Waals surface area (Å²) in [6, 6.07) is 17.6. The van der Waals surface area contributed by atoms with E-state index in [1.54, 1.807) is 12.5 Å². The number of rotatable bonds is 6. The molecule has 0 unspecified atom stereocenters. The van der Waals surface area contributed by atoms with Crippen molar-refractivity contribution in [3.63, 3.8) is 0 Å². The van der Waals surface area contributed by atoms with E-state index >= 15 is 0 Å². The molecule has 0 aliphatic carbocycles. The highest BCUT2D eigenvalue weighted by Crippen LogP contribution is 2.21. The van der Waals surface area contributed by atoms with E-state index in [0.29, 0.717) is 5.16 Å². The Morgan fingerprint density at radius 2 is 1.90 bits per heavy atom. The Kier molecular flexibility index (Phi) is 5.44. The van der Waals surface area contributed by atoms with Crippen LogP contribution in [0.2, 0.25) is 0 Å². The fraction of sp³-hybridized carbons (Fsp3) is 0.143. The molecule has 2 aromatic carbocycles. The number of nitrogens with one attached hydrogen (secondary N) is 1. The lowest BCUT2D eigenvalue weighted by molar-refractivity contribution is -0.113. The average Bonchev–Trinajstić information content (AvgIpc) is 3.36. The number of nitrogens with zero attached hydrogens (tertiary/aromatic N) is 5. The number of aryl methyl sites for hydroxylation is 2. The third-order valence-electron chi connectivity index (χ3n) is 4.37. The van der Waals surface area contributed by atoms with Gasteiger partial charge in [0.2, 0.25) is 5.91 Å². The maximum absolute atomic E-state index is 12.5. The molecule has 4 aromatic rings. The summed E-state index contributed by atoms with van der Waals surface area (Å²) in [4.78, 5) is 12.5. The van der Waals surface area contributed by atoms with Gasteiger partial charge in [0.1, 0.15) is 6.33 Å². The van der Waals surface area contributed by atoms with E-state index in [1.807, 2.05) is 77.7 Å². The van der Waals surface area contributed by atoms with Gasteiger partial charge in [-0.3, -0.25) is 9.36 Å². The smallest absolute Gasteiger partial charge is 0.234 e. The van der Waals surface area contributed by atoms with Crippen molar-refractivity contribution < 1.29 is 4.79 Å². The fourth-order valence-electron chi connectivity index (χ4n) is 2.89. The highest BCUT2D eigenvalue weighted by atomic mass is 32.2. The third-order valence-corrected chi connectivity index (χ3v) is 5.31. The summed E-state index contributed by atoms with van der Waals surface area (Å²) in [6.45, 7) is 4.03. The lowest BCUT2D eigenvalue weighted by Crippen LogP contribution is -2.15. The SMILES string of the molecule is Cc1ccc(-n2cnnc2SCC(=O)Nc2cccc(-n3nccc3C)c2)cc1. The summed E-state index contributed by atoms with van der Waals surface area (Å²) < 4.78 is 3.70. The zero-order chi connectivity index (χ0) is 20.2. The van der Waals surface area contributed by atoms with Crippen LogP contribution >= 0.6 is 11.8 Å². The number of hydrogen-bond acceptors (Lipinski definition) is 5. The molecule has 0 aliphatic rings. The van der Waals surface area contributed by atoms with Crippen LogP contribution in [0.5, 0.6) is 0 Å². The number of benzene rings is 2. The lowest BCUT2D eigenvalue weighted by Gasteiger charge is -2.09. The molecular formula is C21H20N6OS. The zero-order valence-electron chi connectivity index (χ0n) is 16.1. The summed E-state index contributed by atoms with van der Waals surface area (Å²) in [5.41, 5.74) is 4.80. The van der Waals surface area contributed by atoms with E-state index in [1.165, 1.54) is 17.3 Å². The third kappa shape index (κ3) is 4.38. The van der Waals surface area contributed by atoms with Crippen LogP contribution in [0.4, 0.5) is 5.69 Å². The Labute approximate surface area is 172 Å². The van der Waals surface area contributed by atoms with Crippen molar-refractivity contribution in [3.05, 3.63) is 78.4 Å². The molecule has 8 heteroatoms. The predicted molar refractivity (Wildman–Crippen MR) is 114 cm³/mol. The maximum atomic E-state index is 12.5. The van der Waals surface area contributed by atoms with Gasteiger partial charge in [0, 0.05) is 23.3 Å². The second kappa shape index (κ2) is 8.32. The fourth-order valence-corrected chi connectivity index (χ4v) is 3.62. The van der Waals surface area contributed by atoms with Crippen LogP contribution < -0.4 is 5.32 Å². The molecule has 0 saturated heterocycles. The van der Waals surface area contributed by atoms with Crippen molar-refractivity contribution in [2.75, 3.05) is 11.1 Å². The van der Waals surface area contributed by atoms with Crippen LogP contribution in [0.3, 0.4) is 0 Å². The molecule has 146 valence electrons. The number of amides is 1. The number of carbonyl (C=O) groups is 1. The molecule has 0 spiro atoms. The Balaban J connectivity index is 1.41.